The average molecular weight is 437 g/mol. The summed E-state index contributed by atoms with van der Waals surface area (Å²) < 4.78 is 4.77. The molecular weight excluding hydrogens is 416 g/mol. The molecule has 0 saturated heterocycles. The first-order chi connectivity index (χ1) is 13.3. The number of benzene rings is 1. The Balaban J connectivity index is 1.96. The molecule has 0 radical (unpaired) electrons. The van der Waals surface area contributed by atoms with Gasteiger partial charge in [0.05, 0.1) is 0 Å². The number of nitrogens with one attached hydrogen (secondary N) is 1. The van der Waals surface area contributed by atoms with Crippen molar-refractivity contribution in [1.29, 1.82) is 5.26 Å². The van der Waals surface area contributed by atoms with Gasteiger partial charge in [-0.25, -0.2) is 0 Å². The molecule has 2 heterocycles. The maximum absolute atomic E-state index is 12.6. The number of rotatable bonds is 4. The molecule has 3 rings (SSSR count). The van der Waals surface area contributed by atoms with Gasteiger partial charge < -0.3 is 4.57 Å². The van der Waals surface area contributed by atoms with Crippen LogP contribution in [-0.4, -0.2) is 15.2 Å². The first-order valence-electron chi connectivity index (χ1n) is 8.85. The van der Waals surface area contributed by atoms with Crippen LogP contribution < -0.4 is 5.43 Å². The molecule has 28 heavy (non-hydrogen) atoms. The summed E-state index contributed by atoms with van der Waals surface area (Å²) in [5.74, 6) is -0.433. The highest BCUT2D eigenvalue weighted by atomic mass is 79.9. The van der Waals surface area contributed by atoms with E-state index in [0.717, 1.165) is 38.5 Å². The van der Waals surface area contributed by atoms with E-state index in [2.05, 4.69) is 25.9 Å². The molecule has 0 fully saturated rings. The van der Waals surface area contributed by atoms with Gasteiger partial charge in [0.2, 0.25) is 0 Å². The summed E-state index contributed by atoms with van der Waals surface area (Å²) in [5.41, 5.74) is 8.48. The maximum Gasteiger partial charge on any atom is 0.280 e. The molecule has 0 aliphatic rings. The molecule has 0 bridgehead atoms. The van der Waals surface area contributed by atoms with Crippen LogP contribution in [0.25, 0.3) is 11.8 Å². The second-order valence-electron chi connectivity index (χ2n) is 6.70. The third-order valence-corrected chi connectivity index (χ3v) is 5.18. The van der Waals surface area contributed by atoms with Crippen LogP contribution in [0.1, 0.15) is 28.3 Å². The summed E-state index contributed by atoms with van der Waals surface area (Å²) in [6, 6.07) is 15.8. The second kappa shape index (κ2) is 7.91. The minimum Gasteiger partial charge on any atom is -0.318 e. The lowest BCUT2D eigenvalue weighted by atomic mass is 10.1. The molecule has 0 unspecified atom stereocenters. The van der Waals surface area contributed by atoms with Gasteiger partial charge in [0.1, 0.15) is 11.6 Å². The molecule has 5 nitrogen and oxygen atoms in total. The summed E-state index contributed by atoms with van der Waals surface area (Å²) >= 11 is 3.50. The minimum atomic E-state index is -0.433. The van der Waals surface area contributed by atoms with E-state index in [0.29, 0.717) is 0 Å². The third kappa shape index (κ3) is 3.80. The predicted octanol–water partition coefficient (Wildman–Crippen LogP) is 4.95. The van der Waals surface area contributed by atoms with Gasteiger partial charge in [-0.1, -0.05) is 22.0 Å². The summed E-state index contributed by atoms with van der Waals surface area (Å²) in [7, 11) is 0. The van der Waals surface area contributed by atoms with Gasteiger partial charge in [0.15, 0.2) is 0 Å². The van der Waals surface area contributed by atoms with Crippen molar-refractivity contribution in [1.82, 2.24) is 9.24 Å². The Morgan fingerprint density at radius 3 is 2.36 bits per heavy atom. The van der Waals surface area contributed by atoms with Crippen LogP contribution in [0.2, 0.25) is 0 Å². The highest BCUT2D eigenvalue weighted by Crippen LogP contribution is 2.24. The molecule has 2 aromatic heterocycles. The molecular formula is C22H21BrN4O. The maximum atomic E-state index is 12.6. The lowest BCUT2D eigenvalue weighted by molar-refractivity contribution is -0.113. The monoisotopic (exact) mass is 436 g/mol. The number of nitrogens with zero attached hydrogens (tertiary/aromatic N) is 3. The Kier molecular flexibility index (Phi) is 5.57. The zero-order valence-electron chi connectivity index (χ0n) is 16.2. The van der Waals surface area contributed by atoms with Gasteiger partial charge in [-0.15, -0.1) is 0 Å². The van der Waals surface area contributed by atoms with E-state index in [4.69, 9.17) is 0 Å². The molecule has 0 atom stereocenters. The summed E-state index contributed by atoms with van der Waals surface area (Å²) in [5, 5.41) is 9.54. The van der Waals surface area contributed by atoms with Crippen LogP contribution in [0.4, 0.5) is 0 Å². The molecule has 1 amide bonds. The van der Waals surface area contributed by atoms with Crippen molar-refractivity contribution < 1.29 is 4.79 Å². The Morgan fingerprint density at radius 2 is 1.75 bits per heavy atom. The number of aryl methyl sites for hydroxylation is 3. The zero-order valence-corrected chi connectivity index (χ0v) is 17.8. The highest BCUT2D eigenvalue weighted by Gasteiger charge is 2.15. The fraction of sp³-hybridized carbons (Fsp3) is 0.182. The van der Waals surface area contributed by atoms with Gasteiger partial charge in [-0.05, 0) is 75.7 Å². The minimum absolute atomic E-state index is 0.0574. The summed E-state index contributed by atoms with van der Waals surface area (Å²) in [6.07, 6.45) is 1.64. The van der Waals surface area contributed by atoms with Crippen molar-refractivity contribution in [3.8, 4) is 11.8 Å². The van der Waals surface area contributed by atoms with Gasteiger partial charge in [-0.2, -0.15) is 5.26 Å². The molecule has 0 spiro atoms. The SMILES string of the molecule is Cc1ccc(C)n1NC(=O)/C(C#N)=C\c1cc(C)n(-c2cccc(Br)c2)c1C. The lowest BCUT2D eigenvalue weighted by Gasteiger charge is -2.11. The fourth-order valence-electron chi connectivity index (χ4n) is 3.26. The number of hydrogen-bond acceptors (Lipinski definition) is 2. The topological polar surface area (TPSA) is 62.8 Å². The van der Waals surface area contributed by atoms with Crippen LogP contribution in [0.3, 0.4) is 0 Å². The standard InChI is InChI=1S/C22H21BrN4O/c1-14-8-9-15(2)27(14)25-22(28)19(13-24)11-18-10-16(3)26(17(18)4)21-7-5-6-20(23)12-21/h5-12H,1-4H3,(H,25,28)/b19-11-. The van der Waals surface area contributed by atoms with Crippen LogP contribution in [0.15, 0.2) is 52.5 Å². The van der Waals surface area contributed by atoms with Crippen LogP contribution in [0, 0.1) is 39.0 Å². The first-order valence-corrected chi connectivity index (χ1v) is 9.64. The highest BCUT2D eigenvalue weighted by molar-refractivity contribution is 9.10. The third-order valence-electron chi connectivity index (χ3n) is 4.69. The van der Waals surface area contributed by atoms with Crippen molar-refractivity contribution in [3.05, 3.63) is 80.8 Å². The van der Waals surface area contributed by atoms with Gasteiger partial charge in [-0.3, -0.25) is 14.9 Å². The molecule has 6 heteroatoms. The Morgan fingerprint density at radius 1 is 1.07 bits per heavy atom. The normalized spacial score (nSPS) is 11.4. The fourth-order valence-corrected chi connectivity index (χ4v) is 3.64. The second-order valence-corrected chi connectivity index (χ2v) is 7.62. The number of nitriles is 1. The number of carbonyl (C=O) groups is 1. The molecule has 0 saturated carbocycles. The van der Waals surface area contributed by atoms with Crippen molar-refractivity contribution >= 4 is 27.9 Å². The van der Waals surface area contributed by atoms with Crippen LogP contribution >= 0.6 is 15.9 Å². The van der Waals surface area contributed by atoms with Gasteiger partial charge in [0, 0.05) is 32.9 Å². The number of hydrogen-bond donors (Lipinski definition) is 1. The number of amides is 1. The van der Waals surface area contributed by atoms with E-state index < -0.39 is 5.91 Å². The van der Waals surface area contributed by atoms with E-state index in [-0.39, 0.29) is 5.57 Å². The predicted molar refractivity (Wildman–Crippen MR) is 115 cm³/mol. The number of aromatic nitrogens is 2. The van der Waals surface area contributed by atoms with Crippen molar-refractivity contribution in [3.63, 3.8) is 0 Å². The van der Waals surface area contributed by atoms with Crippen molar-refractivity contribution in [2.75, 3.05) is 5.43 Å². The smallest absolute Gasteiger partial charge is 0.280 e. The average Bonchev–Trinajstić information content (AvgIpc) is 3.11. The number of carbonyl (C=O) groups excluding carboxylic acids is 1. The molecule has 1 N–H and O–H groups in total. The van der Waals surface area contributed by atoms with Crippen LogP contribution in [0.5, 0.6) is 0 Å². The molecule has 0 aliphatic heterocycles. The largest absolute Gasteiger partial charge is 0.318 e. The first kappa shape index (κ1) is 19.7. The van der Waals surface area contributed by atoms with Crippen molar-refractivity contribution in [2.24, 2.45) is 0 Å². The molecule has 0 aliphatic carbocycles. The molecule has 3 aromatic rings. The van der Waals surface area contributed by atoms with E-state index in [1.165, 1.54) is 0 Å². The van der Waals surface area contributed by atoms with E-state index in [1.54, 1.807) is 10.8 Å². The lowest BCUT2D eigenvalue weighted by Crippen LogP contribution is -2.25. The van der Waals surface area contributed by atoms with E-state index in [9.17, 15) is 10.1 Å². The zero-order chi connectivity index (χ0) is 20.4. The Hall–Kier alpha value is -3.04. The van der Waals surface area contributed by atoms with Crippen molar-refractivity contribution in [2.45, 2.75) is 27.7 Å². The van der Waals surface area contributed by atoms with E-state index in [1.807, 2.05) is 76.2 Å². The molecule has 142 valence electrons. The number of halogens is 1. The van der Waals surface area contributed by atoms with Crippen LogP contribution in [-0.2, 0) is 4.79 Å². The quantitative estimate of drug-likeness (QED) is 0.464. The van der Waals surface area contributed by atoms with Gasteiger partial charge in [0.25, 0.3) is 5.91 Å². The van der Waals surface area contributed by atoms with E-state index >= 15 is 0 Å². The van der Waals surface area contributed by atoms with Gasteiger partial charge >= 0.3 is 0 Å². The Bertz CT molecular complexity index is 1110. The summed E-state index contributed by atoms with van der Waals surface area (Å²) in [4.78, 5) is 12.6. The Labute approximate surface area is 173 Å². The molecule has 1 aromatic carbocycles. The summed E-state index contributed by atoms with van der Waals surface area (Å²) in [6.45, 7) is 7.78.